The van der Waals surface area contributed by atoms with Crippen LogP contribution in [0.25, 0.3) is 6.08 Å². The van der Waals surface area contributed by atoms with Gasteiger partial charge in [0.25, 0.3) is 0 Å². The van der Waals surface area contributed by atoms with Gasteiger partial charge in [0.15, 0.2) is 25.2 Å². The van der Waals surface area contributed by atoms with Crippen molar-refractivity contribution in [3.05, 3.63) is 53.6 Å². The highest BCUT2D eigenvalue weighted by Gasteiger charge is 2.81. The van der Waals surface area contributed by atoms with Gasteiger partial charge < -0.3 is 103 Å². The van der Waals surface area contributed by atoms with Gasteiger partial charge in [-0.05, 0) is 89.7 Å². The van der Waals surface area contributed by atoms with Gasteiger partial charge in [0.1, 0.15) is 77.8 Å². The van der Waals surface area contributed by atoms with E-state index in [1.54, 1.807) is 34.0 Å². The van der Waals surface area contributed by atoms with Crippen LogP contribution in [0.2, 0.25) is 0 Å². The summed E-state index contributed by atoms with van der Waals surface area (Å²) in [5.41, 5.74) is -5.97. The summed E-state index contributed by atoms with van der Waals surface area (Å²) in [7, 11) is 4.50. The summed E-state index contributed by atoms with van der Waals surface area (Å²) in [5, 5.41) is 102. The van der Waals surface area contributed by atoms with Crippen molar-refractivity contribution in [2.24, 2.45) is 16.7 Å². The zero-order valence-corrected chi connectivity index (χ0v) is 46.7. The molecule has 79 heavy (non-hydrogen) atoms. The van der Waals surface area contributed by atoms with Crippen molar-refractivity contribution in [2.45, 2.75) is 245 Å². The number of aliphatic hydroxyl groups excluding tert-OH is 6. The quantitative estimate of drug-likeness (QED) is 0.0640. The number of esters is 1. The molecule has 9 N–H and O–H groups in total. The third-order valence-corrected chi connectivity index (χ3v) is 19.7. The summed E-state index contributed by atoms with van der Waals surface area (Å²) in [4.78, 5) is 13.6. The summed E-state index contributed by atoms with van der Waals surface area (Å²) in [6, 6.07) is 9.29. The van der Waals surface area contributed by atoms with E-state index in [0.717, 1.165) is 11.1 Å². The van der Waals surface area contributed by atoms with Crippen molar-refractivity contribution in [2.75, 3.05) is 27.9 Å². The maximum atomic E-state index is 13.6. The number of ether oxygens (including phenoxy) is 12. The van der Waals surface area contributed by atoms with Crippen LogP contribution in [0.1, 0.15) is 105 Å². The standard InChI is InChI=1S/C57H86O22/c1-28-47(77-42-25-36(69-8)48(29(2)72-42)78-52-46(64)50(70-9)49(30(3)73-52)79-51-45(63)44(62)43(61)37(27-58)75-51)35(68-7)24-41(71-28)74-34-18-19-53(5)33(23-34)17-20-56(66)38(53)26-39(76-40(60)16-15-32-13-11-10-12-14-32)54(6)55(65,31(4)59)21-22-57(54,56)67/h10-17,28-31,34-39,41-52,58-59,61-67H,18-27H2,1-9H3. The molecule has 22 nitrogen and oxygen atoms in total. The van der Waals surface area contributed by atoms with Gasteiger partial charge in [-0.15, -0.1) is 0 Å². The Kier molecular flexibility index (Phi) is 18.4. The molecule has 1 aromatic rings. The molecule has 1 aromatic carbocycles. The number of aliphatic hydroxyl groups is 9. The number of fused-ring (bicyclic) bond motifs is 5. The Balaban J connectivity index is 0.815. The first-order valence-corrected chi connectivity index (χ1v) is 28.0. The SMILES string of the molecule is COC1CC(OC2CCC3(C)C(=CCC4(O)C3CC(OC(=O)C=Cc3ccccc3)C3(C)C(O)(C(C)O)CCC43O)C2)OC(C)C1OC1CC(OC)C(OC2OC(C)C(OC3OC(CO)C(O)C(O)C3O)C(OC)C2O)C(C)O1. The van der Waals surface area contributed by atoms with E-state index in [4.69, 9.17) is 56.8 Å². The molecule has 9 rings (SSSR count). The van der Waals surface area contributed by atoms with Crippen molar-refractivity contribution < 1.29 is 108 Å². The van der Waals surface area contributed by atoms with E-state index in [1.807, 2.05) is 43.3 Å². The van der Waals surface area contributed by atoms with Gasteiger partial charge >= 0.3 is 5.97 Å². The van der Waals surface area contributed by atoms with Crippen molar-refractivity contribution in [3.8, 4) is 0 Å². The third-order valence-electron chi connectivity index (χ3n) is 19.7. The topological polar surface area (TPSA) is 310 Å². The summed E-state index contributed by atoms with van der Waals surface area (Å²) in [6.45, 7) is 9.87. The molecule has 4 saturated heterocycles. The largest absolute Gasteiger partial charge is 0.458 e. The van der Waals surface area contributed by atoms with Crippen LogP contribution < -0.4 is 0 Å². The fourth-order valence-corrected chi connectivity index (χ4v) is 15.0. The molecule has 0 amide bonds. The van der Waals surface area contributed by atoms with Crippen LogP contribution >= 0.6 is 0 Å². The first kappa shape index (κ1) is 60.9. The molecular weight excluding hydrogens is 1040 g/mol. The van der Waals surface area contributed by atoms with Gasteiger partial charge in [0.05, 0.1) is 54.7 Å². The van der Waals surface area contributed by atoms with E-state index in [0.29, 0.717) is 25.7 Å². The zero-order valence-electron chi connectivity index (χ0n) is 46.7. The molecule has 0 bridgehead atoms. The molecule has 0 aromatic heterocycles. The number of carbonyl (C=O) groups excluding carboxylic acids is 1. The van der Waals surface area contributed by atoms with E-state index < -0.39 is 169 Å². The molecule has 0 spiro atoms. The maximum absolute atomic E-state index is 13.6. The maximum Gasteiger partial charge on any atom is 0.331 e. The van der Waals surface area contributed by atoms with Gasteiger partial charge in [-0.25, -0.2) is 4.79 Å². The molecule has 4 heterocycles. The van der Waals surface area contributed by atoms with Gasteiger partial charge in [0, 0.05) is 46.2 Å². The lowest BCUT2D eigenvalue weighted by atomic mass is 9.42. The fraction of sp³-hybridized carbons (Fsp3) is 0.807. The second-order valence-corrected chi connectivity index (χ2v) is 23.9. The minimum atomic E-state index is -1.93. The van der Waals surface area contributed by atoms with Gasteiger partial charge in [0.2, 0.25) is 0 Å². The molecule has 4 aliphatic carbocycles. The molecule has 22 heteroatoms. The van der Waals surface area contributed by atoms with Gasteiger partial charge in [-0.2, -0.15) is 0 Å². The fourth-order valence-electron chi connectivity index (χ4n) is 15.0. The van der Waals surface area contributed by atoms with E-state index in [9.17, 15) is 50.8 Å². The molecule has 27 unspecified atom stereocenters. The molecule has 27 atom stereocenters. The number of hydrogen-bond acceptors (Lipinski definition) is 22. The van der Waals surface area contributed by atoms with Crippen LogP contribution in [0.3, 0.4) is 0 Å². The van der Waals surface area contributed by atoms with Crippen LogP contribution in [-0.4, -0.2) is 226 Å². The molecule has 446 valence electrons. The number of benzene rings is 1. The summed E-state index contributed by atoms with van der Waals surface area (Å²) in [6.07, 6.45) is -13.5. The van der Waals surface area contributed by atoms with Crippen LogP contribution in [0.4, 0.5) is 0 Å². The average molecular weight is 1120 g/mol. The lowest BCUT2D eigenvalue weighted by Gasteiger charge is -2.67. The lowest BCUT2D eigenvalue weighted by molar-refractivity contribution is -0.373. The zero-order chi connectivity index (χ0) is 57.1. The number of carbonyl (C=O) groups is 1. The van der Waals surface area contributed by atoms with Gasteiger partial charge in [-0.1, -0.05) is 55.8 Å². The predicted octanol–water partition coefficient (Wildman–Crippen LogP) is 1.29. The Bertz CT molecular complexity index is 2290. The second-order valence-electron chi connectivity index (χ2n) is 23.9. The minimum absolute atomic E-state index is 0.00648. The third kappa shape index (κ3) is 10.7. The Labute approximate surface area is 461 Å². The first-order valence-electron chi connectivity index (χ1n) is 28.0. The van der Waals surface area contributed by atoms with Crippen molar-refractivity contribution >= 4 is 12.0 Å². The van der Waals surface area contributed by atoms with E-state index >= 15 is 0 Å². The first-order chi connectivity index (χ1) is 37.4. The molecular formula is C57H86O22. The number of rotatable bonds is 16. The normalized spacial score (nSPS) is 49.5. The molecule has 3 saturated carbocycles. The monoisotopic (exact) mass is 1120 g/mol. The highest BCUT2D eigenvalue weighted by Crippen LogP contribution is 2.71. The van der Waals surface area contributed by atoms with Crippen LogP contribution in [0.5, 0.6) is 0 Å². The highest BCUT2D eigenvalue weighted by atomic mass is 16.8. The van der Waals surface area contributed by atoms with E-state index in [-0.39, 0.29) is 38.2 Å². The molecule has 0 radical (unpaired) electrons. The van der Waals surface area contributed by atoms with Crippen LogP contribution in [0.15, 0.2) is 48.1 Å². The second kappa shape index (κ2) is 23.8. The average Bonchev–Trinajstić information content (AvgIpc) is 2.39. The van der Waals surface area contributed by atoms with Crippen LogP contribution in [-0.2, 0) is 61.6 Å². The molecule has 4 aliphatic heterocycles. The highest BCUT2D eigenvalue weighted by molar-refractivity contribution is 5.87. The smallest absolute Gasteiger partial charge is 0.331 e. The van der Waals surface area contributed by atoms with Crippen molar-refractivity contribution in [3.63, 3.8) is 0 Å². The van der Waals surface area contributed by atoms with Gasteiger partial charge in [-0.3, -0.25) is 0 Å². The summed E-state index contributed by atoms with van der Waals surface area (Å²) in [5.74, 6) is -1.24. The van der Waals surface area contributed by atoms with Crippen molar-refractivity contribution in [1.29, 1.82) is 0 Å². The van der Waals surface area contributed by atoms with Crippen molar-refractivity contribution in [1.82, 2.24) is 0 Å². The molecule has 7 fully saturated rings. The van der Waals surface area contributed by atoms with Crippen LogP contribution in [0, 0.1) is 16.7 Å². The summed E-state index contributed by atoms with van der Waals surface area (Å²) >= 11 is 0. The minimum Gasteiger partial charge on any atom is -0.458 e. The Morgan fingerprint density at radius 2 is 1.33 bits per heavy atom. The Morgan fingerprint density at radius 1 is 0.722 bits per heavy atom. The predicted molar refractivity (Wildman–Crippen MR) is 276 cm³/mol. The Morgan fingerprint density at radius 3 is 1.95 bits per heavy atom. The number of methoxy groups -OCH3 is 3. The lowest BCUT2D eigenvalue weighted by Crippen LogP contribution is -2.78. The molecule has 8 aliphatic rings. The number of hydrogen-bond donors (Lipinski definition) is 9. The van der Waals surface area contributed by atoms with E-state index in [2.05, 4.69) is 6.92 Å². The Hall–Kier alpha value is -2.63. The van der Waals surface area contributed by atoms with E-state index in [1.165, 1.54) is 27.2 Å². The summed E-state index contributed by atoms with van der Waals surface area (Å²) < 4.78 is 74.2.